The molecule has 1 aliphatic heterocycles. The maximum absolute atomic E-state index is 12.3. The number of anilines is 1. The van der Waals surface area contributed by atoms with Crippen molar-refractivity contribution in [2.24, 2.45) is 5.92 Å². The third kappa shape index (κ3) is 5.28. The first-order valence-corrected chi connectivity index (χ1v) is 9.02. The summed E-state index contributed by atoms with van der Waals surface area (Å²) in [5, 5.41) is 3.29. The van der Waals surface area contributed by atoms with Crippen molar-refractivity contribution in [3.8, 4) is 5.75 Å². The molecule has 1 heterocycles. The number of unbranched alkanes of at least 4 members (excludes halogenated alkanes) is 1. The molecule has 2 rings (SSSR count). The van der Waals surface area contributed by atoms with Crippen molar-refractivity contribution in [2.45, 2.75) is 32.6 Å². The number of halogens is 1. The van der Waals surface area contributed by atoms with E-state index in [1.165, 1.54) is 33.0 Å². The number of amides is 1. The Kier molecular flexibility index (Phi) is 7.18. The van der Waals surface area contributed by atoms with E-state index in [9.17, 15) is 4.79 Å². The largest absolute Gasteiger partial charge is 0.496 e. The Balaban J connectivity index is 1.74. The van der Waals surface area contributed by atoms with Gasteiger partial charge in [-0.05, 0) is 50.8 Å². The van der Waals surface area contributed by atoms with Gasteiger partial charge in [-0.15, -0.1) is 0 Å². The van der Waals surface area contributed by atoms with Crippen molar-refractivity contribution in [2.75, 3.05) is 39.0 Å². The van der Waals surface area contributed by atoms with Gasteiger partial charge in [-0.2, -0.15) is 0 Å². The number of ether oxygens (including phenoxy) is 1. The molecule has 0 saturated carbocycles. The first kappa shape index (κ1) is 18.9. The van der Waals surface area contributed by atoms with Gasteiger partial charge in [0.25, 0.3) is 5.91 Å². The molecule has 1 amide bonds. The van der Waals surface area contributed by atoms with Gasteiger partial charge in [-0.3, -0.25) is 4.79 Å². The van der Waals surface area contributed by atoms with Crippen LogP contribution in [-0.2, 0) is 0 Å². The summed E-state index contributed by atoms with van der Waals surface area (Å²) >= 11 is 6.00. The number of carbonyl (C=O) groups is 1. The van der Waals surface area contributed by atoms with Gasteiger partial charge in [0.2, 0.25) is 0 Å². The lowest BCUT2D eigenvalue weighted by Gasteiger charge is -2.30. The number of carbonyl (C=O) groups excluding carboxylic acids is 1. The molecule has 1 aromatic carbocycles. The summed E-state index contributed by atoms with van der Waals surface area (Å²) in [6.07, 6.45) is 4.70. The molecule has 1 fully saturated rings. The quantitative estimate of drug-likeness (QED) is 0.583. The number of hydrogen-bond donors (Lipinski definition) is 2. The fraction of sp³-hybridized carbons (Fsp3) is 0.611. The normalized spacial score (nSPS) is 18.4. The number of benzene rings is 1. The minimum atomic E-state index is -0.180. The maximum Gasteiger partial charge on any atom is 0.255 e. The molecule has 1 atom stereocenters. The molecule has 0 radical (unpaired) electrons. The topological polar surface area (TPSA) is 67.6 Å². The summed E-state index contributed by atoms with van der Waals surface area (Å²) in [6, 6.07) is 3.13. The maximum atomic E-state index is 12.3. The molecule has 3 N–H and O–H groups in total. The van der Waals surface area contributed by atoms with Gasteiger partial charge in [-0.25, -0.2) is 0 Å². The van der Waals surface area contributed by atoms with E-state index in [0.717, 1.165) is 25.3 Å². The van der Waals surface area contributed by atoms with E-state index in [2.05, 4.69) is 17.1 Å². The zero-order valence-corrected chi connectivity index (χ0v) is 15.4. The number of piperidine rings is 1. The van der Waals surface area contributed by atoms with Crippen molar-refractivity contribution in [3.63, 3.8) is 0 Å². The second-order valence-electron chi connectivity index (χ2n) is 6.59. The highest BCUT2D eigenvalue weighted by atomic mass is 35.5. The fourth-order valence-electron chi connectivity index (χ4n) is 3.16. The Bertz CT molecular complexity index is 565. The molecule has 24 heavy (non-hydrogen) atoms. The number of methoxy groups -OCH3 is 1. The molecular weight excluding hydrogens is 326 g/mol. The summed E-state index contributed by atoms with van der Waals surface area (Å²) in [6.45, 7) is 6.48. The summed E-state index contributed by atoms with van der Waals surface area (Å²) in [5.41, 5.74) is 6.56. The van der Waals surface area contributed by atoms with E-state index >= 15 is 0 Å². The van der Waals surface area contributed by atoms with E-state index < -0.39 is 0 Å². The second-order valence-corrected chi connectivity index (χ2v) is 6.99. The molecule has 6 heteroatoms. The third-order valence-electron chi connectivity index (χ3n) is 4.49. The molecule has 134 valence electrons. The highest BCUT2D eigenvalue weighted by Crippen LogP contribution is 2.28. The van der Waals surface area contributed by atoms with Crippen molar-refractivity contribution in [1.29, 1.82) is 0 Å². The summed E-state index contributed by atoms with van der Waals surface area (Å²) in [4.78, 5) is 14.8. The molecule has 0 aliphatic carbocycles. The van der Waals surface area contributed by atoms with Crippen LogP contribution >= 0.6 is 11.6 Å². The first-order chi connectivity index (χ1) is 11.5. The molecule has 1 saturated heterocycles. The van der Waals surface area contributed by atoms with Gasteiger partial charge >= 0.3 is 0 Å². The second kappa shape index (κ2) is 9.14. The molecule has 0 spiro atoms. The summed E-state index contributed by atoms with van der Waals surface area (Å²) in [7, 11) is 1.51. The van der Waals surface area contributed by atoms with Crippen LogP contribution in [0.5, 0.6) is 5.75 Å². The first-order valence-electron chi connectivity index (χ1n) is 8.64. The molecule has 1 aliphatic rings. The van der Waals surface area contributed by atoms with Crippen molar-refractivity contribution in [1.82, 2.24) is 10.2 Å². The van der Waals surface area contributed by atoms with Crippen LogP contribution in [0.15, 0.2) is 12.1 Å². The van der Waals surface area contributed by atoms with E-state index in [1.54, 1.807) is 12.1 Å². The monoisotopic (exact) mass is 353 g/mol. The predicted molar refractivity (Wildman–Crippen MR) is 98.8 cm³/mol. The van der Waals surface area contributed by atoms with Crippen LogP contribution in [0.2, 0.25) is 5.02 Å². The molecule has 0 aromatic heterocycles. The number of rotatable bonds is 7. The number of nitrogen functional groups attached to an aromatic ring is 1. The Morgan fingerprint density at radius 3 is 2.96 bits per heavy atom. The Morgan fingerprint density at radius 2 is 2.25 bits per heavy atom. The zero-order valence-electron chi connectivity index (χ0n) is 14.6. The standard InChI is InChI=1S/C18H28ClN3O2/c1-13-6-5-9-22(12-13)8-4-3-7-21-18(23)14-10-15(19)16(20)11-17(14)24-2/h10-11,13H,3-9,12,20H2,1-2H3,(H,21,23). The Hall–Kier alpha value is -1.46. The van der Waals surface area contributed by atoms with Crippen molar-refractivity contribution in [3.05, 3.63) is 22.7 Å². The Morgan fingerprint density at radius 1 is 1.46 bits per heavy atom. The summed E-state index contributed by atoms with van der Waals surface area (Å²) in [5.74, 6) is 1.07. The van der Waals surface area contributed by atoms with Gasteiger partial charge < -0.3 is 20.7 Å². The van der Waals surface area contributed by atoms with Crippen LogP contribution < -0.4 is 15.8 Å². The SMILES string of the molecule is COc1cc(N)c(Cl)cc1C(=O)NCCCCN1CCCC(C)C1. The van der Waals surface area contributed by atoms with Crippen LogP contribution in [-0.4, -0.2) is 44.1 Å². The van der Waals surface area contributed by atoms with Crippen molar-refractivity contribution >= 4 is 23.2 Å². The molecule has 1 aromatic rings. The van der Waals surface area contributed by atoms with Gasteiger partial charge in [0.15, 0.2) is 0 Å². The van der Waals surface area contributed by atoms with Crippen molar-refractivity contribution < 1.29 is 9.53 Å². The fourth-order valence-corrected chi connectivity index (χ4v) is 3.33. The third-order valence-corrected chi connectivity index (χ3v) is 4.82. The predicted octanol–water partition coefficient (Wildman–Crippen LogP) is 3.17. The van der Waals surface area contributed by atoms with E-state index in [1.807, 2.05) is 0 Å². The summed E-state index contributed by atoms with van der Waals surface area (Å²) < 4.78 is 5.21. The average molecular weight is 354 g/mol. The molecular formula is C18H28ClN3O2. The molecule has 5 nitrogen and oxygen atoms in total. The number of hydrogen-bond acceptors (Lipinski definition) is 4. The van der Waals surface area contributed by atoms with Crippen LogP contribution in [0.3, 0.4) is 0 Å². The minimum absolute atomic E-state index is 0.180. The van der Waals surface area contributed by atoms with Gasteiger partial charge in [0.1, 0.15) is 5.75 Å². The van der Waals surface area contributed by atoms with Crippen LogP contribution in [0.1, 0.15) is 43.0 Å². The zero-order chi connectivity index (χ0) is 17.5. The lowest BCUT2D eigenvalue weighted by atomic mass is 10.0. The van der Waals surface area contributed by atoms with E-state index in [0.29, 0.717) is 28.6 Å². The highest BCUT2D eigenvalue weighted by molar-refractivity contribution is 6.33. The smallest absolute Gasteiger partial charge is 0.255 e. The Labute approximate surface area is 149 Å². The molecule has 1 unspecified atom stereocenters. The molecule has 0 bridgehead atoms. The van der Waals surface area contributed by atoms with Gasteiger partial charge in [0, 0.05) is 19.2 Å². The van der Waals surface area contributed by atoms with Gasteiger partial charge in [0.05, 0.1) is 23.4 Å². The van der Waals surface area contributed by atoms with Crippen LogP contribution in [0.4, 0.5) is 5.69 Å². The van der Waals surface area contributed by atoms with E-state index in [4.69, 9.17) is 22.1 Å². The van der Waals surface area contributed by atoms with Gasteiger partial charge in [-0.1, -0.05) is 18.5 Å². The number of likely N-dealkylation sites (tertiary alicyclic amines) is 1. The number of nitrogens with two attached hydrogens (primary N) is 1. The lowest BCUT2D eigenvalue weighted by Crippen LogP contribution is -2.35. The lowest BCUT2D eigenvalue weighted by molar-refractivity contribution is 0.0949. The highest BCUT2D eigenvalue weighted by Gasteiger charge is 2.16. The van der Waals surface area contributed by atoms with Crippen LogP contribution in [0.25, 0.3) is 0 Å². The average Bonchev–Trinajstić information content (AvgIpc) is 2.56. The van der Waals surface area contributed by atoms with Crippen LogP contribution in [0, 0.1) is 5.92 Å². The number of nitrogens with one attached hydrogen (secondary N) is 1. The minimum Gasteiger partial charge on any atom is -0.496 e. The van der Waals surface area contributed by atoms with E-state index in [-0.39, 0.29) is 5.91 Å². The number of nitrogens with zero attached hydrogens (tertiary/aromatic N) is 1.